The highest BCUT2D eigenvalue weighted by molar-refractivity contribution is 5.48. The van der Waals surface area contributed by atoms with Gasteiger partial charge in [-0.15, -0.1) is 0 Å². The van der Waals surface area contributed by atoms with Crippen LogP contribution in [0.5, 0.6) is 0 Å². The Bertz CT molecular complexity index is 467. The lowest BCUT2D eigenvalue weighted by Crippen LogP contribution is -2.04. The van der Waals surface area contributed by atoms with Crippen LogP contribution in [0.4, 0.5) is 0 Å². The number of hydrogen-bond acceptors (Lipinski definition) is 1. The summed E-state index contributed by atoms with van der Waals surface area (Å²) in [6.45, 7) is 12.8. The summed E-state index contributed by atoms with van der Waals surface area (Å²) in [7, 11) is 0. The van der Waals surface area contributed by atoms with Crippen LogP contribution in [-0.4, -0.2) is 6.61 Å². The van der Waals surface area contributed by atoms with Crippen LogP contribution < -0.4 is 0 Å². The van der Waals surface area contributed by atoms with E-state index in [2.05, 4.69) is 51.3 Å². The normalized spacial score (nSPS) is 12.7. The van der Waals surface area contributed by atoms with Crippen LogP contribution in [0.2, 0.25) is 0 Å². The van der Waals surface area contributed by atoms with Crippen molar-refractivity contribution >= 4 is 6.08 Å². The number of hydrogen-bond donors (Lipinski definition) is 0. The molecule has 1 nitrogen and oxygen atoms in total. The van der Waals surface area contributed by atoms with Crippen molar-refractivity contribution < 1.29 is 4.74 Å². The molecule has 0 amide bonds. The van der Waals surface area contributed by atoms with E-state index in [0.29, 0.717) is 0 Å². The lowest BCUT2D eigenvalue weighted by atomic mass is 9.97. The lowest BCUT2D eigenvalue weighted by Gasteiger charge is -2.18. The van der Waals surface area contributed by atoms with Gasteiger partial charge in [0.25, 0.3) is 0 Å². The van der Waals surface area contributed by atoms with Crippen molar-refractivity contribution in [1.82, 2.24) is 0 Å². The van der Waals surface area contributed by atoms with Crippen molar-refractivity contribution in [1.29, 1.82) is 0 Å². The molecule has 0 saturated carbocycles. The van der Waals surface area contributed by atoms with E-state index < -0.39 is 0 Å². The van der Waals surface area contributed by atoms with Crippen molar-refractivity contribution in [3.63, 3.8) is 0 Å². The summed E-state index contributed by atoms with van der Waals surface area (Å²) in [6.07, 6.45) is 11.9. The van der Waals surface area contributed by atoms with E-state index in [4.69, 9.17) is 4.74 Å². The van der Waals surface area contributed by atoms with Gasteiger partial charge in [-0.05, 0) is 23.6 Å². The molecule has 0 fully saturated rings. The van der Waals surface area contributed by atoms with Crippen molar-refractivity contribution in [3.05, 3.63) is 66.5 Å². The van der Waals surface area contributed by atoms with Gasteiger partial charge in [-0.3, -0.25) is 0 Å². The Morgan fingerprint density at radius 2 is 1.77 bits per heavy atom. The average Bonchev–Trinajstić information content (AvgIpc) is 2.56. The number of allylic oxidation sites excluding steroid dienone is 3. The van der Waals surface area contributed by atoms with Crippen LogP contribution in [0.3, 0.4) is 0 Å². The smallest absolute Gasteiger partial charge is 0.103 e. The van der Waals surface area contributed by atoms with Gasteiger partial charge in [0, 0.05) is 5.92 Å². The fourth-order valence-corrected chi connectivity index (χ4v) is 2.41. The zero-order valence-corrected chi connectivity index (χ0v) is 14.2. The van der Waals surface area contributed by atoms with Crippen LogP contribution in [-0.2, 0) is 4.74 Å². The molecule has 1 rings (SSSR count). The van der Waals surface area contributed by atoms with E-state index in [1.165, 1.54) is 31.2 Å². The van der Waals surface area contributed by atoms with Crippen LogP contribution in [0.25, 0.3) is 6.08 Å². The monoisotopic (exact) mass is 298 g/mol. The highest BCUT2D eigenvalue weighted by Gasteiger charge is 2.12. The summed E-state index contributed by atoms with van der Waals surface area (Å²) in [4.78, 5) is 0. The maximum atomic E-state index is 6.01. The quantitative estimate of drug-likeness (QED) is 0.258. The topological polar surface area (TPSA) is 9.23 Å². The first-order chi connectivity index (χ1) is 10.7. The Morgan fingerprint density at radius 3 is 2.36 bits per heavy atom. The third kappa shape index (κ3) is 6.34. The molecule has 0 aliphatic rings. The minimum Gasteiger partial charge on any atom is -0.497 e. The van der Waals surface area contributed by atoms with Crippen LogP contribution in [0.1, 0.15) is 63.0 Å². The van der Waals surface area contributed by atoms with E-state index >= 15 is 0 Å². The predicted molar refractivity (Wildman–Crippen MR) is 97.9 cm³/mol. The first kappa shape index (κ1) is 18.3. The van der Waals surface area contributed by atoms with E-state index in [1.807, 2.05) is 12.2 Å². The van der Waals surface area contributed by atoms with E-state index in [-0.39, 0.29) is 5.92 Å². The molecule has 0 saturated heterocycles. The van der Waals surface area contributed by atoms with Gasteiger partial charge in [0.1, 0.15) is 5.76 Å². The molecule has 0 spiro atoms. The number of benzene rings is 1. The van der Waals surface area contributed by atoms with E-state index in [9.17, 15) is 0 Å². The second kappa shape index (κ2) is 10.9. The highest BCUT2D eigenvalue weighted by Crippen LogP contribution is 2.25. The first-order valence-corrected chi connectivity index (χ1v) is 8.40. The minimum absolute atomic E-state index is 0.243. The summed E-state index contributed by atoms with van der Waals surface area (Å²) in [5.41, 5.74) is 2.40. The standard InChI is InChI=1S/C21H30O/c1-5-8-9-10-11-17-22-21(12-6-2)18(4)20-15-13-19(7-3)14-16-20/h6-7,12-16,18H,2-3,5,8-11,17H2,1,4H3/b21-12+. The van der Waals surface area contributed by atoms with Gasteiger partial charge < -0.3 is 4.74 Å². The van der Waals surface area contributed by atoms with Gasteiger partial charge in [-0.25, -0.2) is 0 Å². The molecule has 0 aliphatic heterocycles. The molecule has 1 heteroatoms. The molecule has 1 unspecified atom stereocenters. The molecule has 0 radical (unpaired) electrons. The van der Waals surface area contributed by atoms with Crippen LogP contribution in [0.15, 0.2) is 55.3 Å². The Balaban J connectivity index is 2.55. The van der Waals surface area contributed by atoms with E-state index in [0.717, 1.165) is 24.4 Å². The minimum atomic E-state index is 0.243. The summed E-state index contributed by atoms with van der Waals surface area (Å²) in [5.74, 6) is 1.24. The summed E-state index contributed by atoms with van der Waals surface area (Å²) in [5, 5.41) is 0. The molecule has 0 aliphatic carbocycles. The van der Waals surface area contributed by atoms with Gasteiger partial charge in [-0.2, -0.15) is 0 Å². The fourth-order valence-electron chi connectivity index (χ4n) is 2.41. The molecule has 0 N–H and O–H groups in total. The SMILES string of the molecule is C=C/C=C(/OCCCCCCC)C(C)c1ccc(C=C)cc1. The second-order valence-corrected chi connectivity index (χ2v) is 5.66. The van der Waals surface area contributed by atoms with Gasteiger partial charge >= 0.3 is 0 Å². The molecule has 1 aromatic rings. The molecule has 22 heavy (non-hydrogen) atoms. The maximum absolute atomic E-state index is 6.01. The third-order valence-corrected chi connectivity index (χ3v) is 3.90. The predicted octanol–water partition coefficient (Wildman–Crippen LogP) is 6.49. The van der Waals surface area contributed by atoms with Crippen molar-refractivity contribution in [2.24, 2.45) is 0 Å². The molecule has 0 bridgehead atoms. The maximum Gasteiger partial charge on any atom is 0.103 e. The third-order valence-electron chi connectivity index (χ3n) is 3.90. The summed E-state index contributed by atoms with van der Waals surface area (Å²) < 4.78 is 6.01. The Hall–Kier alpha value is -1.76. The number of rotatable bonds is 11. The first-order valence-electron chi connectivity index (χ1n) is 8.40. The highest BCUT2D eigenvalue weighted by atomic mass is 16.5. The van der Waals surface area contributed by atoms with Gasteiger partial charge in [0.2, 0.25) is 0 Å². The molecular weight excluding hydrogens is 268 g/mol. The zero-order valence-electron chi connectivity index (χ0n) is 14.2. The zero-order chi connectivity index (χ0) is 16.2. The van der Waals surface area contributed by atoms with Crippen LogP contribution >= 0.6 is 0 Å². The molecule has 0 heterocycles. The Kier molecular flexibility index (Phi) is 9.06. The Labute approximate surface area is 136 Å². The largest absolute Gasteiger partial charge is 0.497 e. The molecular formula is C21H30O. The van der Waals surface area contributed by atoms with Crippen LogP contribution in [0, 0.1) is 0 Å². The van der Waals surface area contributed by atoms with Crippen molar-refractivity contribution in [2.45, 2.75) is 51.9 Å². The van der Waals surface area contributed by atoms with Crippen molar-refractivity contribution in [3.8, 4) is 0 Å². The number of ether oxygens (including phenoxy) is 1. The van der Waals surface area contributed by atoms with Gasteiger partial charge in [0.05, 0.1) is 6.61 Å². The lowest BCUT2D eigenvalue weighted by molar-refractivity contribution is 0.189. The number of unbranched alkanes of at least 4 members (excludes halogenated alkanes) is 4. The summed E-state index contributed by atoms with van der Waals surface area (Å²) >= 11 is 0. The van der Waals surface area contributed by atoms with Gasteiger partial charge in [-0.1, -0.05) is 89.1 Å². The molecule has 1 atom stereocenters. The molecule has 1 aromatic carbocycles. The summed E-state index contributed by atoms with van der Waals surface area (Å²) in [6, 6.07) is 8.47. The molecule has 0 aromatic heterocycles. The van der Waals surface area contributed by atoms with E-state index in [1.54, 1.807) is 6.08 Å². The molecule has 120 valence electrons. The Morgan fingerprint density at radius 1 is 1.09 bits per heavy atom. The second-order valence-electron chi connectivity index (χ2n) is 5.66. The fraction of sp³-hybridized carbons (Fsp3) is 0.429. The van der Waals surface area contributed by atoms with Gasteiger partial charge in [0.15, 0.2) is 0 Å². The average molecular weight is 298 g/mol. The van der Waals surface area contributed by atoms with Crippen molar-refractivity contribution in [2.75, 3.05) is 6.61 Å².